The summed E-state index contributed by atoms with van der Waals surface area (Å²) in [6.45, 7) is 2.98. The molecule has 0 radical (unpaired) electrons. The number of H-pyrrole nitrogens is 1. The Morgan fingerprint density at radius 1 is 1.45 bits per heavy atom. The van der Waals surface area contributed by atoms with Gasteiger partial charge in [-0.15, -0.1) is 0 Å². The molecule has 1 aromatic carbocycles. The van der Waals surface area contributed by atoms with Crippen molar-refractivity contribution in [3.8, 4) is 0 Å². The number of carbonyl (C=O) groups is 1. The Hall–Kier alpha value is -1.97. The molecule has 1 amide bonds. The number of carbonyl (C=O) groups excluding carboxylic acids is 1. The third kappa shape index (κ3) is 2.38. The van der Waals surface area contributed by atoms with Crippen LogP contribution in [0.5, 0.6) is 0 Å². The monoisotopic (exact) mass is 271 g/mol. The molecule has 1 saturated carbocycles. The zero-order valence-electron chi connectivity index (χ0n) is 11.8. The second-order valence-corrected chi connectivity index (χ2v) is 5.93. The van der Waals surface area contributed by atoms with E-state index in [2.05, 4.69) is 17.2 Å². The van der Waals surface area contributed by atoms with Gasteiger partial charge in [0.1, 0.15) is 5.69 Å². The first-order chi connectivity index (χ1) is 9.63. The van der Waals surface area contributed by atoms with Crippen molar-refractivity contribution in [2.45, 2.75) is 32.6 Å². The van der Waals surface area contributed by atoms with E-state index in [0.717, 1.165) is 17.4 Å². The third-order valence-corrected chi connectivity index (χ3v) is 4.29. The summed E-state index contributed by atoms with van der Waals surface area (Å²) >= 11 is 0. The fourth-order valence-corrected chi connectivity index (χ4v) is 2.89. The molecule has 0 unspecified atom stereocenters. The fraction of sp³-hybridized carbons (Fsp3) is 0.438. The molecule has 2 aromatic rings. The highest BCUT2D eigenvalue weighted by molar-refractivity contribution is 6.00. The molecule has 0 saturated heterocycles. The number of hydrogen-bond donors (Lipinski definition) is 3. The van der Waals surface area contributed by atoms with E-state index in [1.54, 1.807) is 0 Å². The average Bonchev–Trinajstić information content (AvgIpc) is 3.04. The average molecular weight is 271 g/mol. The van der Waals surface area contributed by atoms with E-state index < -0.39 is 0 Å². The molecule has 1 aromatic heterocycles. The molecule has 1 fully saturated rings. The highest BCUT2D eigenvalue weighted by Gasteiger charge is 2.41. The zero-order valence-corrected chi connectivity index (χ0v) is 11.8. The summed E-state index contributed by atoms with van der Waals surface area (Å²) in [6.07, 6.45) is 4.85. The van der Waals surface area contributed by atoms with Gasteiger partial charge >= 0.3 is 0 Å². The molecular weight excluding hydrogens is 250 g/mol. The number of nitrogens with two attached hydrogens (primary N) is 1. The Morgan fingerprint density at radius 2 is 2.25 bits per heavy atom. The third-order valence-electron chi connectivity index (χ3n) is 4.29. The molecule has 4 N–H and O–H groups in total. The van der Waals surface area contributed by atoms with Crippen molar-refractivity contribution in [2.24, 2.45) is 5.41 Å². The van der Waals surface area contributed by atoms with E-state index in [1.807, 2.05) is 24.3 Å². The minimum atomic E-state index is -0.0389. The zero-order chi connectivity index (χ0) is 14.2. The van der Waals surface area contributed by atoms with Gasteiger partial charge in [0.2, 0.25) is 0 Å². The summed E-state index contributed by atoms with van der Waals surface area (Å²) in [5.41, 5.74) is 8.37. The topological polar surface area (TPSA) is 70.9 Å². The lowest BCUT2D eigenvalue weighted by Crippen LogP contribution is -2.30. The normalized spacial score (nSPS) is 16.2. The largest absolute Gasteiger partial charge is 0.397 e. The van der Waals surface area contributed by atoms with Crippen LogP contribution in [-0.4, -0.2) is 17.4 Å². The number of nitrogen functional groups attached to an aromatic ring is 1. The van der Waals surface area contributed by atoms with Crippen LogP contribution in [0.2, 0.25) is 0 Å². The van der Waals surface area contributed by atoms with E-state index in [9.17, 15) is 4.79 Å². The van der Waals surface area contributed by atoms with E-state index in [4.69, 9.17) is 5.73 Å². The number of amides is 1. The van der Waals surface area contributed by atoms with Crippen LogP contribution in [0.15, 0.2) is 24.3 Å². The van der Waals surface area contributed by atoms with Gasteiger partial charge in [0.15, 0.2) is 0 Å². The standard InChI is InChI=1S/C16H21N3O/c1-2-6-16(7-8-16)10-18-15(20)13-9-11-4-3-5-12(17)14(11)19-13/h3-5,9,19H,2,6-8,10,17H2,1H3,(H,18,20). The van der Waals surface area contributed by atoms with Crippen LogP contribution in [0.1, 0.15) is 43.1 Å². The van der Waals surface area contributed by atoms with Crippen molar-refractivity contribution in [2.75, 3.05) is 12.3 Å². The van der Waals surface area contributed by atoms with Crippen LogP contribution in [0, 0.1) is 5.41 Å². The lowest BCUT2D eigenvalue weighted by molar-refractivity contribution is 0.0939. The molecule has 0 aliphatic heterocycles. The van der Waals surface area contributed by atoms with Crippen molar-refractivity contribution in [3.63, 3.8) is 0 Å². The number of nitrogens with one attached hydrogen (secondary N) is 2. The molecule has 3 rings (SSSR count). The van der Waals surface area contributed by atoms with Crippen molar-refractivity contribution in [3.05, 3.63) is 30.0 Å². The minimum Gasteiger partial charge on any atom is -0.397 e. The van der Waals surface area contributed by atoms with Crippen molar-refractivity contribution >= 4 is 22.5 Å². The Labute approximate surface area is 118 Å². The Balaban J connectivity index is 1.71. The summed E-state index contributed by atoms with van der Waals surface area (Å²) in [7, 11) is 0. The Morgan fingerprint density at radius 3 is 2.90 bits per heavy atom. The van der Waals surface area contributed by atoms with E-state index in [1.165, 1.54) is 25.7 Å². The van der Waals surface area contributed by atoms with Gasteiger partial charge < -0.3 is 16.0 Å². The summed E-state index contributed by atoms with van der Waals surface area (Å²) in [4.78, 5) is 15.3. The SMILES string of the molecule is CCCC1(CNC(=O)c2cc3cccc(N)c3[nH]2)CC1. The lowest BCUT2D eigenvalue weighted by Gasteiger charge is -2.14. The van der Waals surface area contributed by atoms with Crippen molar-refractivity contribution < 1.29 is 4.79 Å². The summed E-state index contributed by atoms with van der Waals surface area (Å²) in [6, 6.07) is 7.55. The maximum atomic E-state index is 12.2. The number of anilines is 1. The maximum Gasteiger partial charge on any atom is 0.267 e. The van der Waals surface area contributed by atoms with Gasteiger partial charge in [-0.2, -0.15) is 0 Å². The Bertz CT molecular complexity index is 640. The van der Waals surface area contributed by atoms with E-state index in [-0.39, 0.29) is 5.91 Å². The molecule has 0 atom stereocenters. The number of aromatic amines is 1. The van der Waals surface area contributed by atoms with Crippen LogP contribution in [0.25, 0.3) is 10.9 Å². The maximum absolute atomic E-state index is 12.2. The predicted molar refractivity (Wildman–Crippen MR) is 81.6 cm³/mol. The summed E-state index contributed by atoms with van der Waals surface area (Å²) in [5.74, 6) is -0.0389. The number of fused-ring (bicyclic) bond motifs is 1. The van der Waals surface area contributed by atoms with Crippen molar-refractivity contribution in [1.82, 2.24) is 10.3 Å². The highest BCUT2D eigenvalue weighted by atomic mass is 16.1. The van der Waals surface area contributed by atoms with Crippen LogP contribution >= 0.6 is 0 Å². The number of hydrogen-bond acceptors (Lipinski definition) is 2. The summed E-state index contributed by atoms with van der Waals surface area (Å²) < 4.78 is 0. The van der Waals surface area contributed by atoms with E-state index >= 15 is 0 Å². The van der Waals surface area contributed by atoms with Crippen molar-refractivity contribution in [1.29, 1.82) is 0 Å². The van der Waals surface area contributed by atoms with Gasteiger partial charge in [0.25, 0.3) is 5.91 Å². The molecular formula is C16H21N3O. The van der Waals surface area contributed by atoms with Gasteiger partial charge in [0.05, 0.1) is 11.2 Å². The van der Waals surface area contributed by atoms with Crippen LogP contribution in [0.3, 0.4) is 0 Å². The molecule has 1 aliphatic carbocycles. The smallest absolute Gasteiger partial charge is 0.267 e. The molecule has 1 heterocycles. The quantitative estimate of drug-likeness (QED) is 0.731. The number of para-hydroxylation sites is 1. The summed E-state index contributed by atoms with van der Waals surface area (Å²) in [5, 5.41) is 4.03. The second-order valence-electron chi connectivity index (χ2n) is 5.93. The fourth-order valence-electron chi connectivity index (χ4n) is 2.89. The second kappa shape index (κ2) is 4.85. The highest BCUT2D eigenvalue weighted by Crippen LogP contribution is 2.48. The first-order valence-corrected chi connectivity index (χ1v) is 7.29. The van der Waals surface area contributed by atoms with Gasteiger partial charge in [-0.1, -0.05) is 25.5 Å². The molecule has 20 heavy (non-hydrogen) atoms. The first kappa shape index (κ1) is 13.0. The minimum absolute atomic E-state index is 0.0389. The first-order valence-electron chi connectivity index (χ1n) is 7.29. The number of rotatable bonds is 5. The predicted octanol–water partition coefficient (Wildman–Crippen LogP) is 3.06. The van der Waals surface area contributed by atoms with Gasteiger partial charge in [-0.3, -0.25) is 4.79 Å². The molecule has 4 nitrogen and oxygen atoms in total. The lowest BCUT2D eigenvalue weighted by atomic mass is 10.0. The molecule has 1 aliphatic rings. The molecule has 0 spiro atoms. The van der Waals surface area contributed by atoms with Crippen LogP contribution in [-0.2, 0) is 0 Å². The number of aromatic nitrogens is 1. The van der Waals surface area contributed by atoms with Crippen LogP contribution < -0.4 is 11.1 Å². The number of benzene rings is 1. The van der Waals surface area contributed by atoms with Gasteiger partial charge in [-0.25, -0.2) is 0 Å². The van der Waals surface area contributed by atoms with Gasteiger partial charge in [0, 0.05) is 11.9 Å². The van der Waals surface area contributed by atoms with Crippen LogP contribution in [0.4, 0.5) is 5.69 Å². The Kier molecular flexibility index (Phi) is 3.16. The molecule has 4 heteroatoms. The van der Waals surface area contributed by atoms with Gasteiger partial charge in [-0.05, 0) is 36.8 Å². The molecule has 106 valence electrons. The molecule has 0 bridgehead atoms. The van der Waals surface area contributed by atoms with E-state index in [0.29, 0.717) is 16.8 Å².